The van der Waals surface area contributed by atoms with Crippen LogP contribution in [0.3, 0.4) is 0 Å². The van der Waals surface area contributed by atoms with Gasteiger partial charge in [0, 0.05) is 0 Å². The molecular formula is C10H13BrFNOS2. The summed E-state index contributed by atoms with van der Waals surface area (Å²) >= 11 is 4.46. The van der Waals surface area contributed by atoms with Crippen molar-refractivity contribution in [2.24, 2.45) is 4.40 Å². The fourth-order valence-corrected chi connectivity index (χ4v) is 2.96. The molecule has 0 bridgehead atoms. The zero-order valence-corrected chi connectivity index (χ0v) is 12.7. The van der Waals surface area contributed by atoms with Crippen molar-refractivity contribution in [1.29, 1.82) is 0 Å². The largest absolute Gasteiger partial charge is 0.234 e. The Bertz CT molecular complexity index is 448. The Morgan fingerprint density at radius 3 is 2.50 bits per heavy atom. The van der Waals surface area contributed by atoms with Crippen LogP contribution in [0.4, 0.5) is 4.39 Å². The van der Waals surface area contributed by atoms with Crippen LogP contribution >= 0.6 is 27.3 Å². The predicted octanol–water partition coefficient (Wildman–Crippen LogP) is 3.92. The van der Waals surface area contributed by atoms with Crippen molar-refractivity contribution in [3.05, 3.63) is 20.5 Å². The first kappa shape index (κ1) is 14.0. The number of nitrogens with zero attached hydrogens (tertiary/aromatic N) is 1. The van der Waals surface area contributed by atoms with E-state index in [1.54, 1.807) is 6.92 Å². The lowest BCUT2D eigenvalue weighted by Crippen LogP contribution is -2.20. The smallest absolute Gasteiger partial charge is 0.145 e. The van der Waals surface area contributed by atoms with Gasteiger partial charge in [-0.15, -0.1) is 11.3 Å². The minimum atomic E-state index is -1.35. The van der Waals surface area contributed by atoms with E-state index >= 15 is 0 Å². The van der Waals surface area contributed by atoms with Crippen molar-refractivity contribution in [3.63, 3.8) is 0 Å². The molecule has 0 aliphatic heterocycles. The molecule has 0 spiro atoms. The van der Waals surface area contributed by atoms with E-state index in [-0.39, 0.29) is 5.82 Å². The quantitative estimate of drug-likeness (QED) is 0.758. The molecule has 0 unspecified atom stereocenters. The lowest BCUT2D eigenvalue weighted by atomic mass is 10.3. The Hall–Kier alpha value is -0.0700. The van der Waals surface area contributed by atoms with Crippen molar-refractivity contribution in [1.82, 2.24) is 0 Å². The van der Waals surface area contributed by atoms with Gasteiger partial charge >= 0.3 is 0 Å². The Morgan fingerprint density at radius 2 is 2.12 bits per heavy atom. The summed E-state index contributed by atoms with van der Waals surface area (Å²) in [6, 6.07) is 1.39. The molecular weight excluding hydrogens is 313 g/mol. The van der Waals surface area contributed by atoms with Crippen LogP contribution in [0.5, 0.6) is 0 Å². The molecule has 0 aliphatic carbocycles. The van der Waals surface area contributed by atoms with Crippen molar-refractivity contribution in [2.75, 3.05) is 0 Å². The van der Waals surface area contributed by atoms with Crippen molar-refractivity contribution < 1.29 is 8.60 Å². The average Bonchev–Trinajstić information content (AvgIpc) is 2.43. The second-order valence-electron chi connectivity index (χ2n) is 4.27. The number of hydrogen-bond donors (Lipinski definition) is 0. The van der Waals surface area contributed by atoms with Crippen LogP contribution in [0.2, 0.25) is 0 Å². The van der Waals surface area contributed by atoms with Gasteiger partial charge in [0.2, 0.25) is 0 Å². The first-order valence-corrected chi connectivity index (χ1v) is 7.36. The lowest BCUT2D eigenvalue weighted by molar-refractivity contribution is 0.630. The molecule has 16 heavy (non-hydrogen) atoms. The number of rotatable bonds is 2. The molecule has 0 radical (unpaired) electrons. The molecule has 1 atom stereocenters. The zero-order valence-electron chi connectivity index (χ0n) is 9.51. The van der Waals surface area contributed by atoms with Gasteiger partial charge in [0.05, 0.1) is 19.1 Å². The summed E-state index contributed by atoms with van der Waals surface area (Å²) in [5.41, 5.74) is 0.474. The van der Waals surface area contributed by atoms with Crippen LogP contribution in [0.25, 0.3) is 0 Å². The summed E-state index contributed by atoms with van der Waals surface area (Å²) in [6.07, 6.45) is 0. The van der Waals surface area contributed by atoms with Gasteiger partial charge < -0.3 is 0 Å². The summed E-state index contributed by atoms with van der Waals surface area (Å²) in [5.74, 6) is -0.330. The topological polar surface area (TPSA) is 29.4 Å². The van der Waals surface area contributed by atoms with E-state index < -0.39 is 15.7 Å². The maximum absolute atomic E-state index is 13.4. The summed E-state index contributed by atoms with van der Waals surface area (Å²) in [5, 5.41) is 0. The van der Waals surface area contributed by atoms with E-state index in [1.807, 2.05) is 20.8 Å². The summed E-state index contributed by atoms with van der Waals surface area (Å²) in [4.78, 5) is 0.435. The van der Waals surface area contributed by atoms with Gasteiger partial charge in [-0.2, -0.15) is 4.40 Å². The number of halogens is 2. The van der Waals surface area contributed by atoms with Crippen LogP contribution in [0, 0.1) is 5.82 Å². The predicted molar refractivity (Wildman–Crippen MR) is 72.1 cm³/mol. The molecule has 0 amide bonds. The van der Waals surface area contributed by atoms with Gasteiger partial charge in [-0.1, -0.05) is 0 Å². The van der Waals surface area contributed by atoms with E-state index in [1.165, 1.54) is 17.4 Å². The van der Waals surface area contributed by atoms with Crippen LogP contribution in [0.1, 0.15) is 32.6 Å². The third-order valence-corrected chi connectivity index (χ3v) is 4.94. The molecule has 0 aromatic carbocycles. The van der Waals surface area contributed by atoms with Crippen LogP contribution in [-0.2, 0) is 11.0 Å². The third-order valence-electron chi connectivity index (χ3n) is 1.73. The molecule has 2 nitrogen and oxygen atoms in total. The van der Waals surface area contributed by atoms with E-state index in [2.05, 4.69) is 20.3 Å². The van der Waals surface area contributed by atoms with E-state index in [4.69, 9.17) is 0 Å². The summed E-state index contributed by atoms with van der Waals surface area (Å²) in [6.45, 7) is 7.17. The maximum atomic E-state index is 13.4. The molecule has 0 aliphatic rings. The Labute approximate surface area is 110 Å². The minimum Gasteiger partial charge on any atom is -0.234 e. The zero-order chi connectivity index (χ0) is 12.5. The Morgan fingerprint density at radius 1 is 1.56 bits per heavy atom. The maximum Gasteiger partial charge on any atom is 0.145 e. The van der Waals surface area contributed by atoms with Gasteiger partial charge in [-0.25, -0.2) is 8.60 Å². The number of thiophene rings is 1. The normalized spacial score (nSPS) is 15.2. The van der Waals surface area contributed by atoms with Crippen LogP contribution in [0.15, 0.2) is 14.3 Å². The highest BCUT2D eigenvalue weighted by molar-refractivity contribution is 9.11. The van der Waals surface area contributed by atoms with Gasteiger partial charge in [0.25, 0.3) is 0 Å². The molecule has 1 heterocycles. The molecule has 6 heteroatoms. The Kier molecular flexibility index (Phi) is 4.42. The first-order chi connectivity index (χ1) is 7.21. The van der Waals surface area contributed by atoms with Crippen LogP contribution in [-0.4, -0.2) is 14.7 Å². The highest BCUT2D eigenvalue weighted by Gasteiger charge is 2.20. The number of hydrogen-bond acceptors (Lipinski definition) is 2. The standard InChI is InChI=1S/C10H13BrFNOS2/c1-6(13-16(14)10(2,3)4)9-7(12)5-8(11)15-9/h5H,1-4H3/b13-6-/t16-/m0/s1. The monoisotopic (exact) mass is 325 g/mol. The minimum absolute atomic E-state index is 0.330. The summed E-state index contributed by atoms with van der Waals surface area (Å²) < 4.78 is 29.5. The van der Waals surface area contributed by atoms with Gasteiger partial charge in [0.1, 0.15) is 16.8 Å². The van der Waals surface area contributed by atoms with E-state index in [0.29, 0.717) is 14.4 Å². The SMILES string of the molecule is C/C(=N/[S@@](=O)C(C)(C)C)c1sc(Br)cc1F. The van der Waals surface area contributed by atoms with Gasteiger partial charge in [-0.05, 0) is 49.7 Å². The first-order valence-electron chi connectivity index (χ1n) is 4.64. The van der Waals surface area contributed by atoms with Crippen molar-refractivity contribution >= 4 is 44.0 Å². The molecule has 0 N–H and O–H groups in total. The molecule has 1 rings (SSSR count). The van der Waals surface area contributed by atoms with E-state index in [9.17, 15) is 8.60 Å². The van der Waals surface area contributed by atoms with Crippen molar-refractivity contribution in [3.8, 4) is 0 Å². The van der Waals surface area contributed by atoms with Gasteiger partial charge in [-0.3, -0.25) is 0 Å². The lowest BCUT2D eigenvalue weighted by Gasteiger charge is -2.13. The van der Waals surface area contributed by atoms with Gasteiger partial charge in [0.15, 0.2) is 0 Å². The second-order valence-corrected chi connectivity index (χ2v) is 8.60. The third kappa shape index (κ3) is 3.46. The highest BCUT2D eigenvalue weighted by atomic mass is 79.9. The fraction of sp³-hybridized carbons (Fsp3) is 0.500. The van der Waals surface area contributed by atoms with Crippen LogP contribution < -0.4 is 0 Å². The second kappa shape index (κ2) is 5.06. The fourth-order valence-electron chi connectivity index (χ4n) is 0.890. The van der Waals surface area contributed by atoms with Crippen molar-refractivity contribution in [2.45, 2.75) is 32.4 Å². The molecule has 90 valence electrons. The van der Waals surface area contributed by atoms with E-state index in [0.717, 1.165) is 0 Å². The molecule has 0 saturated carbocycles. The molecule has 0 fully saturated rings. The molecule has 0 saturated heterocycles. The molecule has 1 aromatic heterocycles. The Balaban J connectivity index is 3.03. The molecule has 1 aromatic rings. The summed E-state index contributed by atoms with van der Waals surface area (Å²) in [7, 11) is -1.35. The average molecular weight is 326 g/mol. The highest BCUT2D eigenvalue weighted by Crippen LogP contribution is 2.27.